The van der Waals surface area contributed by atoms with Crippen molar-refractivity contribution >= 4 is 22.6 Å². The van der Waals surface area contributed by atoms with E-state index in [-0.39, 0.29) is 25.1 Å². The van der Waals surface area contributed by atoms with Crippen LogP contribution in [0, 0.1) is 0 Å². The third-order valence-corrected chi connectivity index (χ3v) is 6.41. The lowest BCUT2D eigenvalue weighted by Gasteiger charge is -2.30. The number of alkyl halides is 3. The number of nitrogens with zero attached hydrogens (tertiary/aromatic N) is 5. The number of benzene rings is 1. The highest BCUT2D eigenvalue weighted by Crippen LogP contribution is 2.39. The second-order valence-electron chi connectivity index (χ2n) is 8.98. The van der Waals surface area contributed by atoms with Gasteiger partial charge in [0.25, 0.3) is 0 Å². The Balaban J connectivity index is 1.49. The number of rotatable bonds is 8. The predicted octanol–water partition coefficient (Wildman–Crippen LogP) is 3.92. The van der Waals surface area contributed by atoms with Crippen LogP contribution in [0.4, 0.5) is 18.0 Å². The van der Waals surface area contributed by atoms with Crippen LogP contribution < -0.4 is 10.1 Å². The zero-order valence-electron chi connectivity index (χ0n) is 20.4. The molecule has 1 fully saturated rings. The minimum Gasteiger partial charge on any atom is -0.491 e. The van der Waals surface area contributed by atoms with Crippen LogP contribution in [0.1, 0.15) is 18.0 Å². The Bertz CT molecular complexity index is 1460. The first-order chi connectivity index (χ1) is 18.2. The van der Waals surface area contributed by atoms with Gasteiger partial charge in [-0.05, 0) is 36.2 Å². The summed E-state index contributed by atoms with van der Waals surface area (Å²) in [6.45, 7) is 0.865. The molecule has 0 aliphatic carbocycles. The lowest BCUT2D eigenvalue weighted by Crippen LogP contribution is -2.40. The van der Waals surface area contributed by atoms with Crippen LogP contribution >= 0.6 is 0 Å². The van der Waals surface area contributed by atoms with Crippen molar-refractivity contribution < 1.29 is 32.5 Å². The number of fused-ring (bicyclic) bond motifs is 2. The summed E-state index contributed by atoms with van der Waals surface area (Å²) < 4.78 is 55.0. The molecule has 38 heavy (non-hydrogen) atoms. The summed E-state index contributed by atoms with van der Waals surface area (Å²) in [4.78, 5) is 16.9. The number of amides is 1. The van der Waals surface area contributed by atoms with Crippen LogP contribution in [0.5, 0.6) is 5.75 Å². The highest BCUT2D eigenvalue weighted by atomic mass is 19.4. The Hall–Kier alpha value is -3.97. The van der Waals surface area contributed by atoms with Gasteiger partial charge in [-0.3, -0.25) is 9.30 Å². The van der Waals surface area contributed by atoms with Crippen molar-refractivity contribution in [3.63, 3.8) is 0 Å². The molecule has 1 aliphatic rings. The summed E-state index contributed by atoms with van der Waals surface area (Å²) in [5, 5.41) is 20.4. The first kappa shape index (κ1) is 25.7. The van der Waals surface area contributed by atoms with Crippen LogP contribution in [0.2, 0.25) is 0 Å². The lowest BCUT2D eigenvalue weighted by molar-refractivity contribution is -0.184. The molecule has 1 amide bonds. The van der Waals surface area contributed by atoms with Crippen molar-refractivity contribution in [3.8, 4) is 17.3 Å². The second-order valence-corrected chi connectivity index (χ2v) is 8.98. The van der Waals surface area contributed by atoms with E-state index in [4.69, 9.17) is 14.6 Å². The molecule has 1 aliphatic heterocycles. The van der Waals surface area contributed by atoms with E-state index >= 15 is 0 Å². The molecule has 200 valence electrons. The second kappa shape index (κ2) is 10.4. The van der Waals surface area contributed by atoms with Gasteiger partial charge in [0, 0.05) is 43.9 Å². The largest absolute Gasteiger partial charge is 0.491 e. The van der Waals surface area contributed by atoms with Gasteiger partial charge in [0.05, 0.1) is 12.1 Å². The number of aromatic nitrogens is 4. The van der Waals surface area contributed by atoms with Crippen LogP contribution in [0.15, 0.2) is 48.7 Å². The molecule has 10 nitrogen and oxygen atoms in total. The molecule has 0 radical (unpaired) electrons. The van der Waals surface area contributed by atoms with Gasteiger partial charge < -0.3 is 19.9 Å². The SMILES string of the molecule is COCCOc1ccc2ccc(-c3nnc4ccc([C@@H](N5CC[C@H](NC(=O)O)C5)C(F)(F)F)cn34)nc2c1. The summed E-state index contributed by atoms with van der Waals surface area (Å²) in [5.41, 5.74) is 1.44. The van der Waals surface area contributed by atoms with E-state index in [0.29, 0.717) is 41.6 Å². The maximum absolute atomic E-state index is 14.3. The smallest absolute Gasteiger partial charge is 0.408 e. The molecular formula is C25H25F3N6O4. The molecule has 4 heterocycles. The number of hydrogen-bond acceptors (Lipinski definition) is 7. The summed E-state index contributed by atoms with van der Waals surface area (Å²) in [5.74, 6) is 0.907. The Morgan fingerprint density at radius 2 is 2.00 bits per heavy atom. The van der Waals surface area contributed by atoms with E-state index in [1.165, 1.54) is 27.6 Å². The topological polar surface area (TPSA) is 114 Å². The summed E-state index contributed by atoms with van der Waals surface area (Å²) >= 11 is 0. The number of ether oxygens (including phenoxy) is 2. The van der Waals surface area contributed by atoms with E-state index < -0.39 is 24.4 Å². The van der Waals surface area contributed by atoms with E-state index in [2.05, 4.69) is 20.5 Å². The fraction of sp³-hybridized carbons (Fsp3) is 0.360. The highest BCUT2D eigenvalue weighted by Gasteiger charge is 2.47. The first-order valence-corrected chi connectivity index (χ1v) is 11.9. The molecule has 1 aromatic carbocycles. The molecule has 0 spiro atoms. The quantitative estimate of drug-likeness (QED) is 0.330. The third kappa shape index (κ3) is 5.34. The predicted molar refractivity (Wildman–Crippen MR) is 131 cm³/mol. The van der Waals surface area contributed by atoms with Gasteiger partial charge in [0.2, 0.25) is 0 Å². The third-order valence-electron chi connectivity index (χ3n) is 6.41. The molecule has 13 heteroatoms. The van der Waals surface area contributed by atoms with Gasteiger partial charge in [-0.25, -0.2) is 9.78 Å². The van der Waals surface area contributed by atoms with Crippen molar-refractivity contribution in [2.75, 3.05) is 33.4 Å². The average Bonchev–Trinajstić information content (AvgIpc) is 3.49. The van der Waals surface area contributed by atoms with Gasteiger partial charge in [-0.2, -0.15) is 13.2 Å². The van der Waals surface area contributed by atoms with Crippen molar-refractivity contribution in [2.45, 2.75) is 24.7 Å². The molecule has 1 saturated heterocycles. The van der Waals surface area contributed by atoms with E-state index in [0.717, 1.165) is 5.39 Å². The average molecular weight is 531 g/mol. The van der Waals surface area contributed by atoms with E-state index in [1.807, 2.05) is 18.2 Å². The zero-order chi connectivity index (χ0) is 26.9. The Kier molecular flexibility index (Phi) is 7.04. The van der Waals surface area contributed by atoms with Crippen molar-refractivity contribution in [1.82, 2.24) is 29.8 Å². The Labute approximate surface area is 215 Å². The van der Waals surface area contributed by atoms with Gasteiger partial charge in [-0.15, -0.1) is 10.2 Å². The number of likely N-dealkylation sites (tertiary alicyclic amines) is 1. The zero-order valence-corrected chi connectivity index (χ0v) is 20.4. The molecule has 3 aromatic heterocycles. The number of nitrogens with one attached hydrogen (secondary N) is 1. The van der Waals surface area contributed by atoms with Crippen molar-refractivity contribution in [3.05, 3.63) is 54.2 Å². The number of methoxy groups -OCH3 is 1. The number of pyridine rings is 2. The molecule has 2 N–H and O–H groups in total. The summed E-state index contributed by atoms with van der Waals surface area (Å²) in [7, 11) is 1.58. The standard InChI is InChI=1S/C25H25F3N6O4/c1-37-10-11-38-18-5-2-15-3-6-19(30-20(15)12-18)23-32-31-21-7-4-16(13-34(21)23)22(25(26,27)28)33-9-8-17(14-33)29-24(35)36/h2-7,12-13,17,22,29H,8-11,14H2,1H3,(H,35,36)/t17-,22+/m0/s1. The summed E-state index contributed by atoms with van der Waals surface area (Å²) in [6.07, 6.45) is -4.18. The van der Waals surface area contributed by atoms with Crippen molar-refractivity contribution in [2.24, 2.45) is 0 Å². The monoisotopic (exact) mass is 530 g/mol. The molecular weight excluding hydrogens is 505 g/mol. The minimum atomic E-state index is -4.58. The fourth-order valence-corrected chi connectivity index (χ4v) is 4.72. The molecule has 0 saturated carbocycles. The number of carbonyl (C=O) groups is 1. The fourth-order valence-electron chi connectivity index (χ4n) is 4.72. The molecule has 0 bridgehead atoms. The van der Waals surface area contributed by atoms with Crippen LogP contribution in [0.3, 0.4) is 0 Å². The maximum Gasteiger partial charge on any atom is 0.408 e. The van der Waals surface area contributed by atoms with E-state index in [9.17, 15) is 18.0 Å². The number of halogens is 3. The first-order valence-electron chi connectivity index (χ1n) is 11.9. The molecule has 0 unspecified atom stereocenters. The number of carboxylic acid groups (broad SMARTS) is 1. The van der Waals surface area contributed by atoms with Gasteiger partial charge in [0.1, 0.15) is 24.1 Å². The Morgan fingerprint density at radius 3 is 2.76 bits per heavy atom. The number of hydrogen-bond donors (Lipinski definition) is 2. The van der Waals surface area contributed by atoms with E-state index in [1.54, 1.807) is 19.2 Å². The van der Waals surface area contributed by atoms with Crippen LogP contribution in [0.25, 0.3) is 28.1 Å². The normalized spacial score (nSPS) is 17.2. The lowest BCUT2D eigenvalue weighted by atomic mass is 10.1. The van der Waals surface area contributed by atoms with Crippen molar-refractivity contribution in [1.29, 1.82) is 0 Å². The highest BCUT2D eigenvalue weighted by molar-refractivity contribution is 5.82. The van der Waals surface area contributed by atoms with Gasteiger partial charge in [0.15, 0.2) is 11.5 Å². The Morgan fingerprint density at radius 1 is 1.18 bits per heavy atom. The van der Waals surface area contributed by atoms with Crippen LogP contribution in [-0.2, 0) is 4.74 Å². The summed E-state index contributed by atoms with van der Waals surface area (Å²) in [6, 6.07) is 9.42. The molecule has 4 aromatic rings. The molecule has 2 atom stereocenters. The van der Waals surface area contributed by atoms with Crippen LogP contribution in [-0.4, -0.2) is 81.3 Å². The van der Waals surface area contributed by atoms with Gasteiger partial charge in [-0.1, -0.05) is 12.1 Å². The van der Waals surface area contributed by atoms with Gasteiger partial charge >= 0.3 is 12.3 Å². The molecule has 5 rings (SSSR count). The maximum atomic E-state index is 14.3. The minimum absolute atomic E-state index is 0.00311.